The van der Waals surface area contributed by atoms with Gasteiger partial charge in [-0.1, -0.05) is 24.3 Å². The largest absolute Gasteiger partial charge is 0.494 e. The fourth-order valence-corrected chi connectivity index (χ4v) is 2.38. The molecule has 0 saturated carbocycles. The van der Waals surface area contributed by atoms with Gasteiger partial charge in [0, 0.05) is 11.4 Å². The van der Waals surface area contributed by atoms with E-state index < -0.39 is 5.82 Å². The second kappa shape index (κ2) is 5.54. The Balaban J connectivity index is 1.86. The van der Waals surface area contributed by atoms with E-state index in [4.69, 9.17) is 10.5 Å². The third kappa shape index (κ3) is 2.60. The first-order valence-electron chi connectivity index (χ1n) is 6.68. The number of nitrogens with zero attached hydrogens (tertiary/aromatic N) is 2. The van der Waals surface area contributed by atoms with Gasteiger partial charge in [-0.05, 0) is 23.8 Å². The number of halogens is 1. The van der Waals surface area contributed by atoms with Crippen LogP contribution in [0.3, 0.4) is 0 Å². The van der Waals surface area contributed by atoms with Gasteiger partial charge in [-0.25, -0.2) is 4.39 Å². The van der Waals surface area contributed by atoms with Gasteiger partial charge in [0.2, 0.25) is 0 Å². The predicted molar refractivity (Wildman–Crippen MR) is 79.6 cm³/mol. The fraction of sp³-hybridized carbons (Fsp3) is 0.188. The van der Waals surface area contributed by atoms with Crippen molar-refractivity contribution < 1.29 is 9.13 Å². The van der Waals surface area contributed by atoms with E-state index in [-0.39, 0.29) is 11.8 Å². The van der Waals surface area contributed by atoms with E-state index in [1.54, 1.807) is 18.3 Å². The third-order valence-corrected chi connectivity index (χ3v) is 3.52. The number of para-hydroxylation sites is 1. The molecule has 3 aromatic rings. The maximum absolute atomic E-state index is 13.7. The van der Waals surface area contributed by atoms with Gasteiger partial charge in [-0.15, -0.1) is 0 Å². The van der Waals surface area contributed by atoms with Crippen LogP contribution in [-0.2, 0) is 6.54 Å². The summed E-state index contributed by atoms with van der Waals surface area (Å²) in [6.45, 7) is 0.485. The van der Waals surface area contributed by atoms with Gasteiger partial charge in [0.15, 0.2) is 11.6 Å². The van der Waals surface area contributed by atoms with Gasteiger partial charge in [0.25, 0.3) is 0 Å². The number of rotatable bonds is 4. The molecule has 108 valence electrons. The summed E-state index contributed by atoms with van der Waals surface area (Å²) in [5, 5.41) is 5.40. The molecule has 4 nitrogen and oxygen atoms in total. The highest BCUT2D eigenvalue weighted by molar-refractivity contribution is 5.78. The Morgan fingerprint density at radius 3 is 2.86 bits per heavy atom. The lowest BCUT2D eigenvalue weighted by molar-refractivity contribution is 0.385. The Hall–Kier alpha value is -2.40. The molecular weight excluding hydrogens is 269 g/mol. The monoisotopic (exact) mass is 285 g/mol. The van der Waals surface area contributed by atoms with E-state index in [1.165, 1.54) is 13.2 Å². The minimum atomic E-state index is -0.407. The molecule has 2 aromatic carbocycles. The van der Waals surface area contributed by atoms with Crippen molar-refractivity contribution in [3.63, 3.8) is 0 Å². The maximum atomic E-state index is 13.7. The number of nitrogens with two attached hydrogens (primary N) is 1. The van der Waals surface area contributed by atoms with Crippen molar-refractivity contribution in [1.82, 2.24) is 9.78 Å². The average Bonchev–Trinajstić information content (AvgIpc) is 2.90. The molecule has 0 saturated heterocycles. The standard InChI is InChI=1S/C16H16FN3O/c1-21-16-7-6-11(8-13(16)17)14(18)10-20-15-5-3-2-4-12(15)9-19-20/h2-9,14H,10,18H2,1H3. The summed E-state index contributed by atoms with van der Waals surface area (Å²) in [5.41, 5.74) is 7.90. The Morgan fingerprint density at radius 2 is 2.10 bits per heavy atom. The number of fused-ring (bicyclic) bond motifs is 1. The minimum absolute atomic E-state index is 0.218. The van der Waals surface area contributed by atoms with Gasteiger partial charge in [-0.3, -0.25) is 4.68 Å². The number of benzene rings is 2. The number of methoxy groups -OCH3 is 1. The predicted octanol–water partition coefficient (Wildman–Crippen LogP) is 2.88. The van der Waals surface area contributed by atoms with Crippen molar-refractivity contribution >= 4 is 10.9 Å². The molecule has 0 bridgehead atoms. The minimum Gasteiger partial charge on any atom is -0.494 e. The smallest absolute Gasteiger partial charge is 0.165 e. The molecule has 0 aliphatic heterocycles. The zero-order chi connectivity index (χ0) is 14.8. The van der Waals surface area contributed by atoms with Crippen molar-refractivity contribution in [2.45, 2.75) is 12.6 Å². The summed E-state index contributed by atoms with van der Waals surface area (Å²) >= 11 is 0. The highest BCUT2D eigenvalue weighted by Gasteiger charge is 2.12. The molecule has 1 heterocycles. The number of hydrogen-bond acceptors (Lipinski definition) is 3. The molecular formula is C16H16FN3O. The van der Waals surface area contributed by atoms with E-state index in [0.29, 0.717) is 12.1 Å². The Morgan fingerprint density at radius 1 is 1.29 bits per heavy atom. The first-order chi connectivity index (χ1) is 10.2. The van der Waals surface area contributed by atoms with Gasteiger partial charge in [0.1, 0.15) is 0 Å². The third-order valence-electron chi connectivity index (χ3n) is 3.52. The molecule has 0 fully saturated rings. The second-order valence-corrected chi connectivity index (χ2v) is 4.89. The summed E-state index contributed by atoms with van der Waals surface area (Å²) < 4.78 is 20.5. The Bertz CT molecular complexity index is 769. The van der Waals surface area contributed by atoms with E-state index in [2.05, 4.69) is 5.10 Å². The van der Waals surface area contributed by atoms with E-state index in [0.717, 1.165) is 10.9 Å². The van der Waals surface area contributed by atoms with Crippen LogP contribution in [-0.4, -0.2) is 16.9 Å². The summed E-state index contributed by atoms with van der Waals surface area (Å²) in [5.74, 6) is -0.189. The molecule has 3 rings (SSSR count). The van der Waals surface area contributed by atoms with E-state index >= 15 is 0 Å². The normalized spacial score (nSPS) is 12.5. The first kappa shape index (κ1) is 13.6. The lowest BCUT2D eigenvalue weighted by Crippen LogP contribution is -2.18. The van der Waals surface area contributed by atoms with Crippen LogP contribution in [0.2, 0.25) is 0 Å². The van der Waals surface area contributed by atoms with Crippen LogP contribution in [0.25, 0.3) is 10.9 Å². The highest BCUT2D eigenvalue weighted by Crippen LogP contribution is 2.22. The number of ether oxygens (including phenoxy) is 1. The molecule has 0 aliphatic rings. The molecule has 1 aromatic heterocycles. The Kier molecular flexibility index (Phi) is 3.58. The lowest BCUT2D eigenvalue weighted by atomic mass is 10.1. The van der Waals surface area contributed by atoms with Crippen LogP contribution >= 0.6 is 0 Å². The van der Waals surface area contributed by atoms with Crippen LogP contribution in [0.4, 0.5) is 4.39 Å². The van der Waals surface area contributed by atoms with E-state index in [1.807, 2.05) is 28.9 Å². The number of hydrogen-bond donors (Lipinski definition) is 1. The van der Waals surface area contributed by atoms with Crippen molar-refractivity contribution in [2.24, 2.45) is 5.73 Å². The zero-order valence-electron chi connectivity index (χ0n) is 11.7. The average molecular weight is 285 g/mol. The summed E-state index contributed by atoms with van der Waals surface area (Å²) in [7, 11) is 1.44. The van der Waals surface area contributed by atoms with Gasteiger partial charge in [0.05, 0.1) is 25.4 Å². The summed E-state index contributed by atoms with van der Waals surface area (Å²) in [6.07, 6.45) is 1.80. The molecule has 1 atom stereocenters. The van der Waals surface area contributed by atoms with Gasteiger partial charge < -0.3 is 10.5 Å². The molecule has 21 heavy (non-hydrogen) atoms. The van der Waals surface area contributed by atoms with Crippen LogP contribution < -0.4 is 10.5 Å². The highest BCUT2D eigenvalue weighted by atomic mass is 19.1. The quantitative estimate of drug-likeness (QED) is 0.802. The maximum Gasteiger partial charge on any atom is 0.165 e. The van der Waals surface area contributed by atoms with Crippen LogP contribution in [0.1, 0.15) is 11.6 Å². The number of aromatic nitrogens is 2. The topological polar surface area (TPSA) is 53.1 Å². The second-order valence-electron chi connectivity index (χ2n) is 4.89. The fourth-order valence-electron chi connectivity index (χ4n) is 2.38. The molecule has 2 N–H and O–H groups in total. The summed E-state index contributed by atoms with van der Waals surface area (Å²) in [6, 6.07) is 12.3. The SMILES string of the molecule is COc1ccc(C(N)Cn2ncc3ccccc32)cc1F. The Labute approximate surface area is 121 Å². The molecule has 0 spiro atoms. The lowest BCUT2D eigenvalue weighted by Gasteiger charge is -2.14. The zero-order valence-corrected chi connectivity index (χ0v) is 11.7. The molecule has 0 aliphatic carbocycles. The van der Waals surface area contributed by atoms with Crippen molar-refractivity contribution in [1.29, 1.82) is 0 Å². The molecule has 1 unspecified atom stereocenters. The van der Waals surface area contributed by atoms with Gasteiger partial charge in [-0.2, -0.15) is 5.10 Å². The van der Waals surface area contributed by atoms with Gasteiger partial charge >= 0.3 is 0 Å². The first-order valence-corrected chi connectivity index (χ1v) is 6.68. The van der Waals surface area contributed by atoms with Crippen molar-refractivity contribution in [3.05, 3.63) is 60.0 Å². The molecule has 5 heteroatoms. The summed E-state index contributed by atoms with van der Waals surface area (Å²) in [4.78, 5) is 0. The van der Waals surface area contributed by atoms with E-state index in [9.17, 15) is 4.39 Å². The van der Waals surface area contributed by atoms with Crippen LogP contribution in [0.15, 0.2) is 48.7 Å². The van der Waals surface area contributed by atoms with Crippen molar-refractivity contribution in [2.75, 3.05) is 7.11 Å². The van der Waals surface area contributed by atoms with Crippen LogP contribution in [0, 0.1) is 5.82 Å². The van der Waals surface area contributed by atoms with Crippen LogP contribution in [0.5, 0.6) is 5.75 Å². The molecule has 0 amide bonds. The van der Waals surface area contributed by atoms with Crippen molar-refractivity contribution in [3.8, 4) is 5.75 Å². The molecule has 0 radical (unpaired) electrons.